The number of esters is 1. The van der Waals surface area contributed by atoms with E-state index in [0.29, 0.717) is 12.8 Å². The SMILES string of the molecule is COC(=O)CC(Cc1cc(OC)ccc1OC)NC(C)C. The van der Waals surface area contributed by atoms with Gasteiger partial charge < -0.3 is 19.5 Å². The van der Waals surface area contributed by atoms with Crippen LogP contribution in [0.2, 0.25) is 0 Å². The first-order chi connectivity index (χ1) is 9.99. The van der Waals surface area contributed by atoms with Gasteiger partial charge in [0, 0.05) is 12.1 Å². The normalized spacial score (nSPS) is 12.1. The van der Waals surface area contributed by atoms with Gasteiger partial charge in [-0.1, -0.05) is 13.8 Å². The number of hydrogen-bond donors (Lipinski definition) is 1. The number of carbonyl (C=O) groups is 1. The average Bonchev–Trinajstić information content (AvgIpc) is 2.46. The average molecular weight is 295 g/mol. The van der Waals surface area contributed by atoms with Gasteiger partial charge in [0.05, 0.1) is 27.8 Å². The minimum absolute atomic E-state index is 0.0153. The molecule has 1 N–H and O–H groups in total. The Balaban J connectivity index is 2.92. The van der Waals surface area contributed by atoms with Crippen molar-refractivity contribution in [2.75, 3.05) is 21.3 Å². The third-order valence-corrected chi connectivity index (χ3v) is 3.16. The van der Waals surface area contributed by atoms with Crippen LogP contribution in [0.4, 0.5) is 0 Å². The second-order valence-corrected chi connectivity index (χ2v) is 5.18. The quantitative estimate of drug-likeness (QED) is 0.745. The molecule has 5 heteroatoms. The molecule has 0 aliphatic rings. The lowest BCUT2D eigenvalue weighted by Crippen LogP contribution is -2.38. The molecule has 21 heavy (non-hydrogen) atoms. The summed E-state index contributed by atoms with van der Waals surface area (Å²) < 4.78 is 15.4. The maximum absolute atomic E-state index is 11.6. The number of methoxy groups -OCH3 is 3. The van der Waals surface area contributed by atoms with E-state index in [0.717, 1.165) is 17.1 Å². The Kier molecular flexibility index (Phi) is 7.02. The summed E-state index contributed by atoms with van der Waals surface area (Å²) in [5, 5.41) is 3.39. The summed E-state index contributed by atoms with van der Waals surface area (Å²) in [5.74, 6) is 1.33. The van der Waals surface area contributed by atoms with Crippen LogP contribution >= 0.6 is 0 Å². The fourth-order valence-electron chi connectivity index (χ4n) is 2.25. The zero-order valence-electron chi connectivity index (χ0n) is 13.4. The molecule has 0 aliphatic carbocycles. The molecule has 0 spiro atoms. The van der Waals surface area contributed by atoms with Crippen molar-refractivity contribution in [1.82, 2.24) is 5.32 Å². The van der Waals surface area contributed by atoms with Crippen LogP contribution in [0.1, 0.15) is 25.8 Å². The Hall–Kier alpha value is -1.75. The topological polar surface area (TPSA) is 56.8 Å². The van der Waals surface area contributed by atoms with Crippen LogP contribution in [-0.2, 0) is 16.0 Å². The van der Waals surface area contributed by atoms with Crippen LogP contribution in [0.25, 0.3) is 0 Å². The summed E-state index contributed by atoms with van der Waals surface area (Å²) >= 11 is 0. The van der Waals surface area contributed by atoms with Crippen molar-refractivity contribution in [2.24, 2.45) is 0 Å². The van der Waals surface area contributed by atoms with Crippen molar-refractivity contribution in [1.29, 1.82) is 0 Å². The molecule has 1 aromatic rings. The molecule has 1 atom stereocenters. The minimum atomic E-state index is -0.227. The maximum Gasteiger partial charge on any atom is 0.307 e. The van der Waals surface area contributed by atoms with Gasteiger partial charge in [0.15, 0.2) is 0 Å². The van der Waals surface area contributed by atoms with Crippen molar-refractivity contribution in [3.63, 3.8) is 0 Å². The molecule has 1 unspecified atom stereocenters. The molecule has 0 radical (unpaired) electrons. The number of hydrogen-bond acceptors (Lipinski definition) is 5. The second-order valence-electron chi connectivity index (χ2n) is 5.18. The van der Waals surface area contributed by atoms with Gasteiger partial charge in [0.1, 0.15) is 11.5 Å². The van der Waals surface area contributed by atoms with Gasteiger partial charge in [-0.25, -0.2) is 0 Å². The first-order valence-electron chi connectivity index (χ1n) is 7.03. The molecule has 1 rings (SSSR count). The van der Waals surface area contributed by atoms with E-state index in [-0.39, 0.29) is 18.1 Å². The van der Waals surface area contributed by atoms with E-state index in [9.17, 15) is 4.79 Å². The van der Waals surface area contributed by atoms with Gasteiger partial charge in [-0.2, -0.15) is 0 Å². The highest BCUT2D eigenvalue weighted by Crippen LogP contribution is 2.25. The van der Waals surface area contributed by atoms with Gasteiger partial charge in [0.25, 0.3) is 0 Å². The van der Waals surface area contributed by atoms with Crippen LogP contribution in [0.5, 0.6) is 11.5 Å². The second kappa shape index (κ2) is 8.52. The summed E-state index contributed by atoms with van der Waals surface area (Å²) in [6.07, 6.45) is 0.975. The number of benzene rings is 1. The Morgan fingerprint density at radius 2 is 1.90 bits per heavy atom. The molecule has 0 aromatic heterocycles. The lowest BCUT2D eigenvalue weighted by molar-refractivity contribution is -0.141. The first kappa shape index (κ1) is 17.3. The highest BCUT2D eigenvalue weighted by molar-refractivity contribution is 5.70. The molecular formula is C16H25NO4. The molecule has 0 saturated carbocycles. The van der Waals surface area contributed by atoms with E-state index >= 15 is 0 Å². The number of nitrogens with one attached hydrogen (secondary N) is 1. The Morgan fingerprint density at radius 3 is 2.43 bits per heavy atom. The summed E-state index contributed by atoms with van der Waals surface area (Å²) in [7, 11) is 4.67. The molecule has 5 nitrogen and oxygen atoms in total. The standard InChI is InChI=1S/C16H25NO4/c1-11(2)17-13(10-16(18)21-5)8-12-9-14(19-3)6-7-15(12)20-4/h6-7,9,11,13,17H,8,10H2,1-5H3. The maximum atomic E-state index is 11.6. The lowest BCUT2D eigenvalue weighted by Gasteiger charge is -2.21. The van der Waals surface area contributed by atoms with E-state index < -0.39 is 0 Å². The van der Waals surface area contributed by atoms with Gasteiger partial charge >= 0.3 is 5.97 Å². The molecule has 0 fully saturated rings. The smallest absolute Gasteiger partial charge is 0.307 e. The molecule has 118 valence electrons. The van der Waals surface area contributed by atoms with Crippen molar-refractivity contribution in [3.8, 4) is 11.5 Å². The zero-order chi connectivity index (χ0) is 15.8. The van der Waals surface area contributed by atoms with Crippen LogP contribution in [0.15, 0.2) is 18.2 Å². The van der Waals surface area contributed by atoms with Crippen molar-refractivity contribution in [2.45, 2.75) is 38.8 Å². The first-order valence-corrected chi connectivity index (χ1v) is 7.03. The van der Waals surface area contributed by atoms with Crippen molar-refractivity contribution in [3.05, 3.63) is 23.8 Å². The van der Waals surface area contributed by atoms with Crippen LogP contribution in [0.3, 0.4) is 0 Å². The molecule has 0 amide bonds. The predicted octanol–water partition coefficient (Wildman–Crippen LogP) is 2.18. The molecule has 0 bridgehead atoms. The Morgan fingerprint density at radius 1 is 1.19 bits per heavy atom. The fourth-order valence-corrected chi connectivity index (χ4v) is 2.25. The Labute approximate surface area is 126 Å². The summed E-state index contributed by atoms with van der Waals surface area (Å²) in [6, 6.07) is 5.92. The zero-order valence-corrected chi connectivity index (χ0v) is 13.4. The van der Waals surface area contributed by atoms with Gasteiger partial charge in [0.2, 0.25) is 0 Å². The van der Waals surface area contributed by atoms with E-state index in [1.165, 1.54) is 7.11 Å². The largest absolute Gasteiger partial charge is 0.497 e. The molecule has 0 saturated heterocycles. The van der Waals surface area contributed by atoms with Gasteiger partial charge in [-0.3, -0.25) is 4.79 Å². The summed E-state index contributed by atoms with van der Waals surface area (Å²) in [6.45, 7) is 4.10. The highest BCUT2D eigenvalue weighted by atomic mass is 16.5. The Bertz CT molecular complexity index is 460. The summed E-state index contributed by atoms with van der Waals surface area (Å²) in [5.41, 5.74) is 0.999. The van der Waals surface area contributed by atoms with E-state index in [2.05, 4.69) is 5.32 Å². The summed E-state index contributed by atoms with van der Waals surface area (Å²) in [4.78, 5) is 11.6. The number of rotatable bonds is 8. The van der Waals surface area contributed by atoms with Crippen molar-refractivity contribution >= 4 is 5.97 Å². The van der Waals surface area contributed by atoms with Crippen LogP contribution in [0, 0.1) is 0 Å². The van der Waals surface area contributed by atoms with Gasteiger partial charge in [-0.05, 0) is 30.2 Å². The van der Waals surface area contributed by atoms with E-state index in [1.807, 2.05) is 32.0 Å². The molecule has 0 aliphatic heterocycles. The third kappa shape index (κ3) is 5.63. The number of ether oxygens (including phenoxy) is 3. The molecule has 0 heterocycles. The fraction of sp³-hybridized carbons (Fsp3) is 0.562. The molecular weight excluding hydrogens is 270 g/mol. The number of carbonyl (C=O) groups excluding carboxylic acids is 1. The van der Waals surface area contributed by atoms with Crippen LogP contribution < -0.4 is 14.8 Å². The monoisotopic (exact) mass is 295 g/mol. The minimum Gasteiger partial charge on any atom is -0.497 e. The molecule has 1 aromatic carbocycles. The predicted molar refractivity (Wildman–Crippen MR) is 81.9 cm³/mol. The van der Waals surface area contributed by atoms with Crippen molar-refractivity contribution < 1.29 is 19.0 Å². The van der Waals surface area contributed by atoms with E-state index in [1.54, 1.807) is 14.2 Å². The highest BCUT2D eigenvalue weighted by Gasteiger charge is 2.18. The van der Waals surface area contributed by atoms with Gasteiger partial charge in [-0.15, -0.1) is 0 Å². The third-order valence-electron chi connectivity index (χ3n) is 3.16. The van der Waals surface area contributed by atoms with E-state index in [4.69, 9.17) is 14.2 Å². The van der Waals surface area contributed by atoms with Crippen LogP contribution in [-0.4, -0.2) is 39.4 Å². The lowest BCUT2D eigenvalue weighted by atomic mass is 10.0.